The zero-order valence-corrected chi connectivity index (χ0v) is 10.5. The molecule has 0 aliphatic rings. The van der Waals surface area contributed by atoms with Crippen molar-refractivity contribution >= 4 is 23.0 Å². The minimum atomic E-state index is 0.123. The van der Waals surface area contributed by atoms with Crippen molar-refractivity contribution in [1.29, 1.82) is 0 Å². The molecule has 0 radical (unpaired) electrons. The highest BCUT2D eigenvalue weighted by molar-refractivity contribution is 6.00. The van der Waals surface area contributed by atoms with Crippen LogP contribution in [0.2, 0.25) is 0 Å². The van der Waals surface area contributed by atoms with Crippen LogP contribution >= 0.6 is 0 Å². The van der Waals surface area contributed by atoms with Gasteiger partial charge in [0.15, 0.2) is 0 Å². The number of carbonyl (C=O) groups is 2. The Morgan fingerprint density at radius 3 is 1.31 bits per heavy atom. The van der Waals surface area contributed by atoms with Gasteiger partial charge in [0, 0.05) is 24.3 Å². The summed E-state index contributed by atoms with van der Waals surface area (Å²) in [5.41, 5.74) is 1.68. The summed E-state index contributed by atoms with van der Waals surface area (Å²) in [5.74, 6) is 0.245. The van der Waals surface area contributed by atoms with E-state index < -0.39 is 0 Å². The third kappa shape index (κ3) is 9.24. The van der Waals surface area contributed by atoms with Crippen LogP contribution in [-0.2, 0) is 9.59 Å². The number of Topliss-reactive ketones (excluding diaryl/α,β-unsaturated/α-hetero) is 2. The molecule has 0 spiro atoms. The maximum absolute atomic E-state index is 10.8. The molecule has 4 heteroatoms. The summed E-state index contributed by atoms with van der Waals surface area (Å²) in [6.45, 7) is 7.94. The number of hydrogen-bond donors (Lipinski definition) is 0. The van der Waals surface area contributed by atoms with Gasteiger partial charge in [0.25, 0.3) is 0 Å². The van der Waals surface area contributed by atoms with Crippen LogP contribution in [0.1, 0.15) is 40.5 Å². The van der Waals surface area contributed by atoms with Gasteiger partial charge in [-0.25, -0.2) is 0 Å². The Bertz CT molecular complexity index is 285. The van der Waals surface area contributed by atoms with E-state index in [9.17, 15) is 9.59 Å². The van der Waals surface area contributed by atoms with Crippen LogP contribution in [0, 0.1) is 0 Å². The van der Waals surface area contributed by atoms with Crippen molar-refractivity contribution in [3.05, 3.63) is 0 Å². The van der Waals surface area contributed by atoms with E-state index in [1.807, 2.05) is 13.8 Å². The Labute approximate surface area is 96.9 Å². The minimum absolute atomic E-state index is 0.123. The van der Waals surface area contributed by atoms with Crippen LogP contribution < -0.4 is 0 Å². The summed E-state index contributed by atoms with van der Waals surface area (Å²) in [4.78, 5) is 30.0. The number of ketones is 2. The number of nitrogens with zero attached hydrogens (tertiary/aromatic N) is 2. The molecule has 0 amide bonds. The van der Waals surface area contributed by atoms with Crippen LogP contribution in [0.5, 0.6) is 0 Å². The summed E-state index contributed by atoms with van der Waals surface area (Å²) < 4.78 is 0. The first-order valence-corrected chi connectivity index (χ1v) is 5.40. The third-order valence-electron chi connectivity index (χ3n) is 1.87. The van der Waals surface area contributed by atoms with E-state index in [-0.39, 0.29) is 11.6 Å². The summed E-state index contributed by atoms with van der Waals surface area (Å²) in [5, 5.41) is 0. The number of hydrogen-bond acceptors (Lipinski definition) is 4. The molecule has 0 heterocycles. The normalized spacial score (nSPS) is 12.8. The molecule has 0 fully saturated rings. The quantitative estimate of drug-likeness (QED) is 0.489. The summed E-state index contributed by atoms with van der Waals surface area (Å²) >= 11 is 0. The first kappa shape index (κ1) is 14.7. The molecule has 90 valence electrons. The molecule has 0 N–H and O–H groups in total. The molecule has 0 rings (SSSR count). The van der Waals surface area contributed by atoms with Crippen molar-refractivity contribution in [1.82, 2.24) is 0 Å². The topological polar surface area (TPSA) is 58.9 Å². The maximum atomic E-state index is 10.8. The Hall–Kier alpha value is -1.32. The Balaban J connectivity index is 3.89. The fourth-order valence-electron chi connectivity index (χ4n) is 1.31. The highest BCUT2D eigenvalue weighted by Crippen LogP contribution is 1.91. The molecule has 0 aliphatic heterocycles. The van der Waals surface area contributed by atoms with Crippen LogP contribution in [0.25, 0.3) is 0 Å². The van der Waals surface area contributed by atoms with Crippen molar-refractivity contribution in [2.45, 2.75) is 40.5 Å². The fraction of sp³-hybridized carbons (Fsp3) is 0.667. The van der Waals surface area contributed by atoms with Crippen molar-refractivity contribution in [3.8, 4) is 0 Å². The molecule has 0 aromatic rings. The second kappa shape index (κ2) is 7.91. The van der Waals surface area contributed by atoms with Gasteiger partial charge in [0.2, 0.25) is 0 Å². The molecule has 0 aromatic carbocycles. The van der Waals surface area contributed by atoms with Crippen LogP contribution in [-0.4, -0.2) is 36.1 Å². The number of carbonyl (C=O) groups excluding carboxylic acids is 2. The van der Waals surface area contributed by atoms with Crippen molar-refractivity contribution < 1.29 is 9.59 Å². The van der Waals surface area contributed by atoms with Gasteiger partial charge in [-0.3, -0.25) is 19.6 Å². The second-order valence-electron chi connectivity index (χ2n) is 3.99. The Morgan fingerprint density at radius 1 is 0.750 bits per heavy atom. The second-order valence-corrected chi connectivity index (χ2v) is 3.99. The summed E-state index contributed by atoms with van der Waals surface area (Å²) in [6.07, 6.45) is 0.826. The maximum Gasteiger partial charge on any atom is 0.135 e. The van der Waals surface area contributed by atoms with Gasteiger partial charge < -0.3 is 0 Å². The average molecular weight is 224 g/mol. The van der Waals surface area contributed by atoms with E-state index in [1.54, 1.807) is 13.8 Å². The molecular weight excluding hydrogens is 204 g/mol. The molecule has 0 saturated heterocycles. The van der Waals surface area contributed by atoms with E-state index in [4.69, 9.17) is 0 Å². The summed E-state index contributed by atoms with van der Waals surface area (Å²) in [6, 6.07) is 0. The first-order valence-electron chi connectivity index (χ1n) is 5.40. The lowest BCUT2D eigenvalue weighted by molar-refractivity contribution is -0.116. The van der Waals surface area contributed by atoms with Gasteiger partial charge in [-0.05, 0) is 27.7 Å². The fourth-order valence-corrected chi connectivity index (χ4v) is 1.31. The Kier molecular flexibility index (Phi) is 7.25. The first-order chi connectivity index (χ1) is 7.41. The summed E-state index contributed by atoms with van der Waals surface area (Å²) in [7, 11) is 0. The number of rotatable bonds is 7. The molecule has 0 unspecified atom stereocenters. The number of aliphatic imine (C=N–C) groups is 2. The van der Waals surface area contributed by atoms with Crippen molar-refractivity contribution in [2.75, 3.05) is 13.1 Å². The van der Waals surface area contributed by atoms with E-state index in [1.165, 1.54) is 0 Å². The molecular formula is C12H20N2O2. The van der Waals surface area contributed by atoms with Crippen LogP contribution in [0.3, 0.4) is 0 Å². The smallest absolute Gasteiger partial charge is 0.135 e. The monoisotopic (exact) mass is 224 g/mol. The molecule has 0 aliphatic carbocycles. The third-order valence-corrected chi connectivity index (χ3v) is 1.87. The lowest BCUT2D eigenvalue weighted by atomic mass is 10.2. The molecule has 0 saturated carbocycles. The zero-order chi connectivity index (χ0) is 12.6. The Morgan fingerprint density at radius 2 is 1.06 bits per heavy atom. The average Bonchev–Trinajstić information content (AvgIpc) is 2.10. The van der Waals surface area contributed by atoms with Crippen molar-refractivity contribution in [2.24, 2.45) is 9.98 Å². The molecule has 0 atom stereocenters. The van der Waals surface area contributed by atoms with Gasteiger partial charge in [-0.15, -0.1) is 0 Å². The lowest BCUT2D eigenvalue weighted by Crippen LogP contribution is -2.04. The van der Waals surface area contributed by atoms with Gasteiger partial charge in [-0.2, -0.15) is 0 Å². The predicted molar refractivity (Wildman–Crippen MR) is 66.5 cm³/mol. The van der Waals surface area contributed by atoms with Gasteiger partial charge >= 0.3 is 0 Å². The SMILES string of the molecule is CC(=O)C/C(C)=N/CC/N=C(\C)CC(C)=O. The molecule has 0 aromatic heterocycles. The minimum Gasteiger partial charge on any atom is -0.300 e. The predicted octanol–water partition coefficient (Wildman–Crippen LogP) is 1.87. The highest BCUT2D eigenvalue weighted by atomic mass is 16.1. The van der Waals surface area contributed by atoms with E-state index >= 15 is 0 Å². The van der Waals surface area contributed by atoms with Crippen molar-refractivity contribution in [3.63, 3.8) is 0 Å². The van der Waals surface area contributed by atoms with Crippen LogP contribution in [0.4, 0.5) is 0 Å². The molecule has 4 nitrogen and oxygen atoms in total. The van der Waals surface area contributed by atoms with Gasteiger partial charge in [-0.1, -0.05) is 0 Å². The molecule has 16 heavy (non-hydrogen) atoms. The van der Waals surface area contributed by atoms with E-state index in [0.717, 1.165) is 11.4 Å². The van der Waals surface area contributed by atoms with E-state index in [2.05, 4.69) is 9.98 Å². The van der Waals surface area contributed by atoms with E-state index in [0.29, 0.717) is 25.9 Å². The highest BCUT2D eigenvalue weighted by Gasteiger charge is 1.97. The largest absolute Gasteiger partial charge is 0.300 e. The van der Waals surface area contributed by atoms with Crippen LogP contribution in [0.15, 0.2) is 9.98 Å². The zero-order valence-electron chi connectivity index (χ0n) is 10.5. The van der Waals surface area contributed by atoms with Gasteiger partial charge in [0.1, 0.15) is 11.6 Å². The molecule has 0 bridgehead atoms. The van der Waals surface area contributed by atoms with Gasteiger partial charge in [0.05, 0.1) is 13.1 Å². The standard InChI is InChI=1S/C12H20N2O2/c1-9(7-11(3)15)13-5-6-14-10(2)8-12(4)16/h5-8H2,1-4H3/b13-9+,14-10+. The lowest BCUT2D eigenvalue weighted by Gasteiger charge is -1.98.